The third-order valence-electron chi connectivity index (χ3n) is 4.93. The maximum atomic E-state index is 12.9. The predicted molar refractivity (Wildman–Crippen MR) is 108 cm³/mol. The van der Waals surface area contributed by atoms with E-state index in [1.165, 1.54) is 17.0 Å². The molecule has 3 rings (SSSR count). The van der Waals surface area contributed by atoms with Crippen LogP contribution < -0.4 is 9.62 Å². The van der Waals surface area contributed by atoms with Crippen LogP contribution in [0.1, 0.15) is 48.0 Å². The number of benzene rings is 2. The Labute approximate surface area is 161 Å². The van der Waals surface area contributed by atoms with Gasteiger partial charge in [-0.25, -0.2) is 8.42 Å². The van der Waals surface area contributed by atoms with Gasteiger partial charge in [0.1, 0.15) is 0 Å². The summed E-state index contributed by atoms with van der Waals surface area (Å²) in [6, 6.07) is 16.5. The molecule has 1 aliphatic rings. The summed E-state index contributed by atoms with van der Waals surface area (Å²) in [6.45, 7) is 0.188. The molecule has 0 bridgehead atoms. The van der Waals surface area contributed by atoms with E-state index < -0.39 is 10.0 Å². The SMILES string of the molecule is CS(=O)(=O)N(Cc1ccccc1)c1ccccc1C(=O)NC1CCCCC1. The van der Waals surface area contributed by atoms with Crippen molar-refractivity contribution in [2.45, 2.75) is 44.7 Å². The highest BCUT2D eigenvalue weighted by Gasteiger charge is 2.25. The molecule has 1 N–H and O–H groups in total. The highest BCUT2D eigenvalue weighted by molar-refractivity contribution is 7.92. The van der Waals surface area contributed by atoms with Gasteiger partial charge in [-0.3, -0.25) is 9.10 Å². The molecule has 1 saturated carbocycles. The summed E-state index contributed by atoms with van der Waals surface area (Å²) in [6.07, 6.45) is 6.58. The number of rotatable bonds is 6. The molecule has 0 unspecified atom stereocenters. The van der Waals surface area contributed by atoms with E-state index in [2.05, 4.69) is 5.32 Å². The van der Waals surface area contributed by atoms with Crippen molar-refractivity contribution in [1.82, 2.24) is 5.32 Å². The van der Waals surface area contributed by atoms with Crippen LogP contribution in [0.25, 0.3) is 0 Å². The van der Waals surface area contributed by atoms with Crippen LogP contribution >= 0.6 is 0 Å². The van der Waals surface area contributed by atoms with Crippen LogP contribution in [-0.2, 0) is 16.6 Å². The zero-order valence-electron chi connectivity index (χ0n) is 15.6. The molecule has 0 aromatic heterocycles. The number of nitrogens with one attached hydrogen (secondary N) is 1. The van der Waals surface area contributed by atoms with Crippen molar-refractivity contribution in [1.29, 1.82) is 0 Å². The van der Waals surface area contributed by atoms with E-state index >= 15 is 0 Å². The Hall–Kier alpha value is -2.34. The van der Waals surface area contributed by atoms with Crippen LogP contribution in [0.2, 0.25) is 0 Å². The van der Waals surface area contributed by atoms with Crippen molar-refractivity contribution >= 4 is 21.6 Å². The summed E-state index contributed by atoms with van der Waals surface area (Å²) in [5.74, 6) is -0.209. The highest BCUT2D eigenvalue weighted by Crippen LogP contribution is 2.26. The topological polar surface area (TPSA) is 66.5 Å². The Bertz CT molecular complexity index is 875. The molecule has 0 saturated heterocycles. The predicted octanol–water partition coefficient (Wildman–Crippen LogP) is 3.72. The third kappa shape index (κ3) is 5.10. The quantitative estimate of drug-likeness (QED) is 0.823. The van der Waals surface area contributed by atoms with Crippen molar-refractivity contribution in [2.24, 2.45) is 0 Å². The molecule has 144 valence electrons. The molecule has 0 aliphatic heterocycles. The molecular formula is C21H26N2O3S. The minimum atomic E-state index is -3.55. The smallest absolute Gasteiger partial charge is 0.253 e. The van der Waals surface area contributed by atoms with Gasteiger partial charge in [0.05, 0.1) is 24.1 Å². The summed E-state index contributed by atoms with van der Waals surface area (Å²) >= 11 is 0. The number of hydrogen-bond donors (Lipinski definition) is 1. The van der Waals surface area contributed by atoms with Crippen LogP contribution in [0.3, 0.4) is 0 Å². The van der Waals surface area contributed by atoms with Gasteiger partial charge < -0.3 is 5.32 Å². The standard InChI is InChI=1S/C21H26N2O3S/c1-27(25,26)23(16-17-10-4-2-5-11-17)20-15-9-8-14-19(20)21(24)22-18-12-6-3-7-13-18/h2,4-5,8-11,14-15,18H,3,6-7,12-13,16H2,1H3,(H,22,24). The van der Waals surface area contributed by atoms with Crippen molar-refractivity contribution in [3.63, 3.8) is 0 Å². The van der Waals surface area contributed by atoms with E-state index in [1.807, 2.05) is 30.3 Å². The summed E-state index contributed by atoms with van der Waals surface area (Å²) in [5, 5.41) is 3.09. The minimum absolute atomic E-state index is 0.167. The maximum absolute atomic E-state index is 12.9. The molecule has 2 aromatic carbocycles. The number of para-hydroxylation sites is 1. The monoisotopic (exact) mass is 386 g/mol. The number of hydrogen-bond acceptors (Lipinski definition) is 3. The van der Waals surface area contributed by atoms with Crippen molar-refractivity contribution in [3.8, 4) is 0 Å². The Balaban J connectivity index is 1.90. The van der Waals surface area contributed by atoms with E-state index in [0.717, 1.165) is 31.2 Å². The number of amides is 1. The van der Waals surface area contributed by atoms with E-state index in [-0.39, 0.29) is 18.5 Å². The number of sulfonamides is 1. The second-order valence-corrected chi connectivity index (χ2v) is 8.99. The zero-order valence-corrected chi connectivity index (χ0v) is 16.4. The molecule has 1 amide bonds. The average Bonchev–Trinajstić information content (AvgIpc) is 2.67. The fourth-order valence-corrected chi connectivity index (χ4v) is 4.42. The first kappa shape index (κ1) is 19.4. The molecule has 0 heterocycles. The van der Waals surface area contributed by atoms with E-state index in [0.29, 0.717) is 11.3 Å². The lowest BCUT2D eigenvalue weighted by atomic mass is 9.95. The van der Waals surface area contributed by atoms with Gasteiger partial charge in [-0.1, -0.05) is 61.7 Å². The van der Waals surface area contributed by atoms with Gasteiger partial charge in [-0.2, -0.15) is 0 Å². The Morgan fingerprint density at radius 2 is 1.63 bits per heavy atom. The van der Waals surface area contributed by atoms with Gasteiger partial charge in [0.15, 0.2) is 0 Å². The summed E-state index contributed by atoms with van der Waals surface area (Å²) < 4.78 is 26.3. The molecule has 2 aromatic rings. The molecule has 0 radical (unpaired) electrons. The van der Waals surface area contributed by atoms with Gasteiger partial charge in [0.25, 0.3) is 5.91 Å². The highest BCUT2D eigenvalue weighted by atomic mass is 32.2. The average molecular weight is 387 g/mol. The second-order valence-electron chi connectivity index (χ2n) is 7.08. The van der Waals surface area contributed by atoms with Gasteiger partial charge in [-0.15, -0.1) is 0 Å². The number of carbonyl (C=O) groups excluding carboxylic acids is 1. The molecule has 0 atom stereocenters. The fraction of sp³-hybridized carbons (Fsp3) is 0.381. The summed E-state index contributed by atoms with van der Waals surface area (Å²) in [7, 11) is -3.55. The van der Waals surface area contributed by atoms with Gasteiger partial charge in [0, 0.05) is 6.04 Å². The lowest BCUT2D eigenvalue weighted by molar-refractivity contribution is 0.0928. The first-order valence-electron chi connectivity index (χ1n) is 9.36. The summed E-state index contributed by atoms with van der Waals surface area (Å²) in [4.78, 5) is 12.9. The van der Waals surface area contributed by atoms with E-state index in [4.69, 9.17) is 0 Å². The normalized spacial score (nSPS) is 15.3. The van der Waals surface area contributed by atoms with Crippen LogP contribution in [0.15, 0.2) is 54.6 Å². The lowest BCUT2D eigenvalue weighted by Gasteiger charge is -2.27. The third-order valence-corrected chi connectivity index (χ3v) is 6.05. The van der Waals surface area contributed by atoms with E-state index in [1.54, 1.807) is 24.3 Å². The van der Waals surface area contributed by atoms with Crippen LogP contribution in [0.4, 0.5) is 5.69 Å². The van der Waals surface area contributed by atoms with E-state index in [9.17, 15) is 13.2 Å². The van der Waals surface area contributed by atoms with Crippen LogP contribution in [-0.4, -0.2) is 26.6 Å². The summed E-state index contributed by atoms with van der Waals surface area (Å²) in [5.41, 5.74) is 1.67. The number of nitrogens with zero attached hydrogens (tertiary/aromatic N) is 1. The van der Waals surface area contributed by atoms with Crippen molar-refractivity contribution in [2.75, 3.05) is 10.6 Å². The number of anilines is 1. The Kier molecular flexibility index (Phi) is 6.16. The molecule has 0 spiro atoms. The first-order chi connectivity index (χ1) is 12.9. The van der Waals surface area contributed by atoms with Gasteiger partial charge in [0.2, 0.25) is 10.0 Å². The van der Waals surface area contributed by atoms with Crippen molar-refractivity contribution in [3.05, 3.63) is 65.7 Å². The second kappa shape index (κ2) is 8.57. The lowest BCUT2D eigenvalue weighted by Crippen LogP contribution is -2.38. The van der Waals surface area contributed by atoms with Gasteiger partial charge >= 0.3 is 0 Å². The number of carbonyl (C=O) groups is 1. The minimum Gasteiger partial charge on any atom is -0.349 e. The Morgan fingerprint density at radius 3 is 2.30 bits per heavy atom. The zero-order chi connectivity index (χ0) is 19.3. The first-order valence-corrected chi connectivity index (χ1v) is 11.2. The molecule has 27 heavy (non-hydrogen) atoms. The van der Waals surface area contributed by atoms with Crippen LogP contribution in [0, 0.1) is 0 Å². The van der Waals surface area contributed by atoms with Crippen molar-refractivity contribution < 1.29 is 13.2 Å². The largest absolute Gasteiger partial charge is 0.349 e. The molecule has 1 aliphatic carbocycles. The Morgan fingerprint density at radius 1 is 1.00 bits per heavy atom. The van der Waals surface area contributed by atoms with Gasteiger partial charge in [-0.05, 0) is 30.5 Å². The molecule has 1 fully saturated rings. The molecular weight excluding hydrogens is 360 g/mol. The molecule has 6 heteroatoms. The van der Waals surface area contributed by atoms with Crippen LogP contribution in [0.5, 0.6) is 0 Å². The molecule has 5 nitrogen and oxygen atoms in total. The maximum Gasteiger partial charge on any atom is 0.253 e. The fourth-order valence-electron chi connectivity index (χ4n) is 3.52.